The van der Waals surface area contributed by atoms with Crippen molar-refractivity contribution in [1.29, 1.82) is 0 Å². The fourth-order valence-corrected chi connectivity index (χ4v) is 3.83. The van der Waals surface area contributed by atoms with Gasteiger partial charge >= 0.3 is 51.4 Å². The van der Waals surface area contributed by atoms with Crippen LogP contribution in [-0.4, -0.2) is 29.4 Å². The van der Waals surface area contributed by atoms with Crippen molar-refractivity contribution < 1.29 is 69.5 Å². The molecule has 0 radical (unpaired) electrons. The van der Waals surface area contributed by atoms with Crippen LogP contribution < -0.4 is 51.4 Å². The summed E-state index contributed by atoms with van der Waals surface area (Å²) in [5.41, 5.74) is 0. The fraction of sp³-hybridized carbons (Fsp3) is 1.00. The second-order valence-corrected chi connectivity index (χ2v) is 8.38. The van der Waals surface area contributed by atoms with Crippen LogP contribution in [0.2, 0.25) is 0 Å². The zero-order valence-electron chi connectivity index (χ0n) is 16.1. The van der Waals surface area contributed by atoms with Crippen LogP contribution in [0.15, 0.2) is 0 Å². The Labute approximate surface area is 192 Å². The van der Waals surface area contributed by atoms with Gasteiger partial charge in [-0.25, -0.2) is 8.42 Å². The van der Waals surface area contributed by atoms with Crippen LogP contribution in [0.3, 0.4) is 0 Å². The summed E-state index contributed by atoms with van der Waals surface area (Å²) in [4.78, 5) is 0. The second-order valence-electron chi connectivity index (χ2n) is 6.72. The minimum atomic E-state index is -4.12. The molecule has 1 N–H and O–H groups in total. The van der Waals surface area contributed by atoms with Crippen molar-refractivity contribution in [3.63, 3.8) is 0 Å². The zero-order chi connectivity index (χ0) is 17.6. The Kier molecular flexibility index (Phi) is 20.7. The molecule has 6 heteroatoms. The number of unbranched alkanes of at least 4 members (excludes halogenated alkanes) is 8. The molecule has 0 heterocycles. The predicted molar refractivity (Wildman–Crippen MR) is 95.5 cm³/mol. The molecule has 0 aliphatic rings. The van der Waals surface area contributed by atoms with Gasteiger partial charge in [-0.3, -0.25) is 0 Å². The Morgan fingerprint density at radius 3 is 1.62 bits per heavy atom. The van der Waals surface area contributed by atoms with Crippen LogP contribution in [0.1, 0.15) is 104 Å². The molecule has 0 fully saturated rings. The Hall–Kier alpha value is 1.51. The summed E-state index contributed by atoms with van der Waals surface area (Å²) in [7, 11) is -4.12. The molecule has 0 aliphatic heterocycles. The van der Waals surface area contributed by atoms with Crippen molar-refractivity contribution in [1.82, 2.24) is 0 Å². The van der Waals surface area contributed by atoms with E-state index in [0.717, 1.165) is 51.4 Å². The molecular formula is C18H37KO4S. The van der Waals surface area contributed by atoms with E-state index in [4.69, 9.17) is 0 Å². The van der Waals surface area contributed by atoms with Crippen LogP contribution in [-0.2, 0) is 10.1 Å². The number of rotatable bonds is 16. The Bertz CT molecular complexity index is 360. The molecule has 0 saturated carbocycles. The van der Waals surface area contributed by atoms with Gasteiger partial charge < -0.3 is 9.66 Å². The first-order valence-corrected chi connectivity index (χ1v) is 11.0. The maximum absolute atomic E-state index is 11.0. The number of aliphatic hydroxyl groups excluding tert-OH is 1. The molecule has 0 spiro atoms. The first kappa shape index (κ1) is 27.7. The van der Waals surface area contributed by atoms with Gasteiger partial charge in [0.15, 0.2) is 0 Å². The molecule has 0 rings (SSSR count). The minimum Gasteiger partial charge on any atom is -0.748 e. The van der Waals surface area contributed by atoms with Gasteiger partial charge in [-0.2, -0.15) is 0 Å². The third kappa shape index (κ3) is 16.9. The molecule has 0 saturated heterocycles. The Balaban J connectivity index is 0. The average molecular weight is 389 g/mol. The molecule has 140 valence electrons. The van der Waals surface area contributed by atoms with Gasteiger partial charge in [0.25, 0.3) is 0 Å². The van der Waals surface area contributed by atoms with Crippen molar-refractivity contribution in [2.45, 2.75) is 115 Å². The van der Waals surface area contributed by atoms with Crippen molar-refractivity contribution >= 4 is 10.1 Å². The summed E-state index contributed by atoms with van der Waals surface area (Å²) >= 11 is 0. The van der Waals surface area contributed by atoms with Crippen molar-refractivity contribution in [2.24, 2.45) is 0 Å². The maximum atomic E-state index is 11.0. The molecule has 0 aromatic carbocycles. The largest absolute Gasteiger partial charge is 1.00 e. The van der Waals surface area contributed by atoms with E-state index in [0.29, 0.717) is 12.8 Å². The molecule has 0 aromatic heterocycles. The van der Waals surface area contributed by atoms with Crippen LogP contribution >= 0.6 is 0 Å². The van der Waals surface area contributed by atoms with Crippen LogP contribution in [0.5, 0.6) is 0 Å². The summed E-state index contributed by atoms with van der Waals surface area (Å²) in [5, 5.41) is 9.19. The van der Waals surface area contributed by atoms with Gasteiger partial charge in [-0.1, -0.05) is 78.1 Å². The summed E-state index contributed by atoms with van der Waals surface area (Å²) < 4.78 is 32.9. The monoisotopic (exact) mass is 388 g/mol. The molecular weight excluding hydrogens is 351 g/mol. The molecule has 2 unspecified atom stereocenters. The third-order valence-electron chi connectivity index (χ3n) is 4.57. The van der Waals surface area contributed by atoms with E-state index < -0.39 is 15.4 Å². The zero-order valence-corrected chi connectivity index (χ0v) is 20.1. The standard InChI is InChI=1S/C18H38O4S.K/c1-3-5-6-8-11-14-17(19)15-12-9-7-10-13-16-18(4-2)23(20,21)22;/h17-19H,3-16H2,1-2H3,(H,20,21,22);/q;+1/p-1. The van der Waals surface area contributed by atoms with Crippen LogP contribution in [0.4, 0.5) is 0 Å². The van der Waals surface area contributed by atoms with E-state index >= 15 is 0 Å². The van der Waals surface area contributed by atoms with E-state index in [1.54, 1.807) is 6.92 Å². The van der Waals surface area contributed by atoms with E-state index in [1.165, 1.54) is 25.7 Å². The molecule has 0 aromatic rings. The molecule has 4 nitrogen and oxygen atoms in total. The molecule has 0 aliphatic carbocycles. The van der Waals surface area contributed by atoms with E-state index in [-0.39, 0.29) is 57.5 Å². The van der Waals surface area contributed by atoms with Gasteiger partial charge in [0.05, 0.1) is 16.2 Å². The van der Waals surface area contributed by atoms with Gasteiger partial charge in [-0.15, -0.1) is 0 Å². The Morgan fingerprint density at radius 2 is 1.21 bits per heavy atom. The van der Waals surface area contributed by atoms with Crippen LogP contribution in [0.25, 0.3) is 0 Å². The van der Waals surface area contributed by atoms with E-state index in [1.807, 2.05) is 0 Å². The third-order valence-corrected chi connectivity index (χ3v) is 5.95. The predicted octanol–water partition coefficient (Wildman–Crippen LogP) is 1.77. The quantitative estimate of drug-likeness (QED) is 0.248. The normalized spacial score (nSPS) is 14.2. The van der Waals surface area contributed by atoms with Crippen molar-refractivity contribution in [3.8, 4) is 0 Å². The maximum Gasteiger partial charge on any atom is 1.00 e. The number of hydrogen-bond acceptors (Lipinski definition) is 4. The van der Waals surface area contributed by atoms with Gasteiger partial charge in [-0.05, 0) is 25.7 Å². The van der Waals surface area contributed by atoms with Crippen molar-refractivity contribution in [3.05, 3.63) is 0 Å². The summed E-state index contributed by atoms with van der Waals surface area (Å²) in [6.07, 6.45) is 13.7. The molecule has 2 atom stereocenters. The average Bonchev–Trinajstić information content (AvgIpc) is 2.48. The first-order valence-electron chi connectivity index (χ1n) is 9.54. The van der Waals surface area contributed by atoms with Gasteiger partial charge in [0.2, 0.25) is 0 Å². The number of aliphatic hydroxyl groups is 1. The first-order chi connectivity index (χ1) is 10.9. The Morgan fingerprint density at radius 1 is 0.792 bits per heavy atom. The van der Waals surface area contributed by atoms with E-state index in [2.05, 4.69) is 6.92 Å². The fourth-order valence-electron chi connectivity index (χ4n) is 2.96. The topological polar surface area (TPSA) is 77.4 Å². The molecule has 0 amide bonds. The molecule has 0 bridgehead atoms. The SMILES string of the molecule is CCCCCCCC(O)CCCCCCCC(CC)S(=O)(=O)[O-].[K+]. The van der Waals surface area contributed by atoms with Gasteiger partial charge in [0.1, 0.15) is 0 Å². The second kappa shape index (κ2) is 17.9. The van der Waals surface area contributed by atoms with Crippen LogP contribution in [0, 0.1) is 0 Å². The smallest absolute Gasteiger partial charge is 0.748 e. The number of hydrogen-bond donors (Lipinski definition) is 1. The summed E-state index contributed by atoms with van der Waals surface area (Å²) in [6, 6.07) is 0. The van der Waals surface area contributed by atoms with Crippen molar-refractivity contribution in [2.75, 3.05) is 0 Å². The summed E-state index contributed by atoms with van der Waals surface area (Å²) in [5.74, 6) is 0. The van der Waals surface area contributed by atoms with E-state index in [9.17, 15) is 18.1 Å². The van der Waals surface area contributed by atoms with Gasteiger partial charge in [0, 0.05) is 5.25 Å². The molecule has 24 heavy (non-hydrogen) atoms. The minimum absolute atomic E-state index is 0. The summed E-state index contributed by atoms with van der Waals surface area (Å²) in [6.45, 7) is 3.96.